The molecular formula is C23H20N4O2. The highest BCUT2D eigenvalue weighted by Gasteiger charge is 2.12. The Morgan fingerprint density at radius 3 is 2.76 bits per heavy atom. The minimum atomic E-state index is -0.474. The fourth-order valence-corrected chi connectivity index (χ4v) is 3.29. The summed E-state index contributed by atoms with van der Waals surface area (Å²) in [5.41, 5.74) is 12.0. The van der Waals surface area contributed by atoms with Gasteiger partial charge in [-0.05, 0) is 47.4 Å². The van der Waals surface area contributed by atoms with E-state index in [0.29, 0.717) is 5.88 Å². The summed E-state index contributed by atoms with van der Waals surface area (Å²) < 4.78 is 5.29. The van der Waals surface area contributed by atoms with Crippen molar-refractivity contribution in [2.75, 3.05) is 7.11 Å². The number of hydrogen-bond donors (Lipinski definition) is 2. The van der Waals surface area contributed by atoms with Crippen molar-refractivity contribution < 1.29 is 9.53 Å². The Morgan fingerprint density at radius 1 is 1.10 bits per heavy atom. The Bertz CT molecular complexity index is 1240. The van der Waals surface area contributed by atoms with Crippen molar-refractivity contribution in [2.45, 2.75) is 6.92 Å². The van der Waals surface area contributed by atoms with E-state index in [-0.39, 0.29) is 0 Å². The molecule has 3 heterocycles. The van der Waals surface area contributed by atoms with Crippen LogP contribution in [0.1, 0.15) is 11.1 Å². The second-order valence-electron chi connectivity index (χ2n) is 6.73. The summed E-state index contributed by atoms with van der Waals surface area (Å²) in [6.45, 7) is 2.02. The SMILES string of the molecule is COc1cc(-c2c[nH]c3ncc(-c4cccc(C=CC(N)=O)c4)cc23)c(C)cn1. The third-order valence-electron chi connectivity index (χ3n) is 4.77. The molecule has 0 aliphatic carbocycles. The molecule has 4 aromatic rings. The van der Waals surface area contributed by atoms with Crippen LogP contribution in [0.4, 0.5) is 0 Å². The zero-order valence-electron chi connectivity index (χ0n) is 16.1. The van der Waals surface area contributed by atoms with Gasteiger partial charge < -0.3 is 15.5 Å². The van der Waals surface area contributed by atoms with Gasteiger partial charge in [0, 0.05) is 47.2 Å². The first-order valence-corrected chi connectivity index (χ1v) is 9.11. The number of aryl methyl sites for hydroxylation is 1. The van der Waals surface area contributed by atoms with Crippen LogP contribution in [0.2, 0.25) is 0 Å². The summed E-state index contributed by atoms with van der Waals surface area (Å²) in [4.78, 5) is 23.1. The second-order valence-corrected chi connectivity index (χ2v) is 6.73. The van der Waals surface area contributed by atoms with Gasteiger partial charge in [-0.25, -0.2) is 9.97 Å². The number of nitrogens with zero attached hydrogens (tertiary/aromatic N) is 2. The third-order valence-corrected chi connectivity index (χ3v) is 4.77. The van der Waals surface area contributed by atoms with Crippen molar-refractivity contribution in [3.63, 3.8) is 0 Å². The summed E-state index contributed by atoms with van der Waals surface area (Å²) in [5.74, 6) is 0.0941. The number of primary amides is 1. The van der Waals surface area contributed by atoms with Gasteiger partial charge in [0.1, 0.15) is 5.65 Å². The highest BCUT2D eigenvalue weighted by molar-refractivity contribution is 5.96. The van der Waals surface area contributed by atoms with Gasteiger partial charge in [-0.1, -0.05) is 18.2 Å². The molecule has 29 heavy (non-hydrogen) atoms. The van der Waals surface area contributed by atoms with E-state index >= 15 is 0 Å². The number of amides is 1. The van der Waals surface area contributed by atoms with Crippen molar-refractivity contribution in [3.05, 3.63) is 72.2 Å². The van der Waals surface area contributed by atoms with Gasteiger partial charge in [-0.15, -0.1) is 0 Å². The van der Waals surface area contributed by atoms with E-state index in [2.05, 4.69) is 21.0 Å². The van der Waals surface area contributed by atoms with Gasteiger partial charge in [0.25, 0.3) is 0 Å². The number of fused-ring (bicyclic) bond motifs is 1. The number of ether oxygens (including phenoxy) is 1. The number of rotatable bonds is 5. The van der Waals surface area contributed by atoms with E-state index in [9.17, 15) is 4.79 Å². The Balaban J connectivity index is 1.81. The van der Waals surface area contributed by atoms with Crippen molar-refractivity contribution >= 4 is 23.0 Å². The van der Waals surface area contributed by atoms with E-state index in [4.69, 9.17) is 10.5 Å². The van der Waals surface area contributed by atoms with Gasteiger partial charge >= 0.3 is 0 Å². The molecule has 0 atom stereocenters. The number of H-pyrrole nitrogens is 1. The molecule has 1 amide bonds. The Kier molecular flexibility index (Phi) is 4.83. The average molecular weight is 384 g/mol. The number of carbonyl (C=O) groups is 1. The Labute approximate surface area is 168 Å². The second kappa shape index (κ2) is 7.59. The van der Waals surface area contributed by atoms with Gasteiger partial charge in [0.2, 0.25) is 11.8 Å². The molecule has 0 saturated carbocycles. The largest absolute Gasteiger partial charge is 0.481 e. The maximum atomic E-state index is 11.0. The molecule has 0 aliphatic heterocycles. The minimum absolute atomic E-state index is 0.474. The lowest BCUT2D eigenvalue weighted by Gasteiger charge is -2.08. The maximum Gasteiger partial charge on any atom is 0.241 e. The van der Waals surface area contributed by atoms with E-state index in [0.717, 1.165) is 44.4 Å². The number of aromatic nitrogens is 3. The molecule has 0 radical (unpaired) electrons. The zero-order valence-corrected chi connectivity index (χ0v) is 16.1. The van der Waals surface area contributed by atoms with Gasteiger partial charge in [0.05, 0.1) is 7.11 Å². The fourth-order valence-electron chi connectivity index (χ4n) is 3.29. The molecular weight excluding hydrogens is 364 g/mol. The van der Waals surface area contributed by atoms with Crippen LogP contribution in [0.3, 0.4) is 0 Å². The quantitative estimate of drug-likeness (QED) is 0.506. The maximum absolute atomic E-state index is 11.0. The van der Waals surface area contributed by atoms with Gasteiger partial charge in [-0.2, -0.15) is 0 Å². The zero-order chi connectivity index (χ0) is 20.4. The summed E-state index contributed by atoms with van der Waals surface area (Å²) >= 11 is 0. The molecule has 0 bridgehead atoms. The van der Waals surface area contributed by atoms with Crippen molar-refractivity contribution in [2.24, 2.45) is 5.73 Å². The lowest BCUT2D eigenvalue weighted by atomic mass is 9.99. The number of pyridine rings is 2. The molecule has 0 aliphatic rings. The number of hydrogen-bond acceptors (Lipinski definition) is 4. The van der Waals surface area contributed by atoms with Gasteiger partial charge in [0.15, 0.2) is 0 Å². The van der Waals surface area contributed by atoms with Gasteiger partial charge in [-0.3, -0.25) is 4.79 Å². The highest BCUT2D eigenvalue weighted by atomic mass is 16.5. The van der Waals surface area contributed by atoms with Crippen LogP contribution in [-0.4, -0.2) is 28.0 Å². The van der Waals surface area contributed by atoms with Crippen molar-refractivity contribution in [1.29, 1.82) is 0 Å². The normalized spacial score (nSPS) is 11.2. The van der Waals surface area contributed by atoms with Crippen molar-refractivity contribution in [1.82, 2.24) is 15.0 Å². The van der Waals surface area contributed by atoms with E-state index in [1.165, 1.54) is 6.08 Å². The third kappa shape index (κ3) is 3.73. The smallest absolute Gasteiger partial charge is 0.241 e. The van der Waals surface area contributed by atoms with E-state index in [1.54, 1.807) is 19.4 Å². The minimum Gasteiger partial charge on any atom is -0.481 e. The number of nitrogens with one attached hydrogen (secondary N) is 1. The van der Waals surface area contributed by atoms with Crippen LogP contribution >= 0.6 is 0 Å². The molecule has 144 valence electrons. The summed E-state index contributed by atoms with van der Waals surface area (Å²) in [6, 6.07) is 11.9. The molecule has 6 heteroatoms. The Hall–Kier alpha value is -3.93. The number of carbonyl (C=O) groups excluding carboxylic acids is 1. The molecule has 0 saturated heterocycles. The van der Waals surface area contributed by atoms with Crippen molar-refractivity contribution in [3.8, 4) is 28.1 Å². The number of nitrogens with two attached hydrogens (primary N) is 1. The predicted molar refractivity (Wildman–Crippen MR) is 114 cm³/mol. The summed E-state index contributed by atoms with van der Waals surface area (Å²) in [6.07, 6.45) is 8.64. The lowest BCUT2D eigenvalue weighted by molar-refractivity contribution is -0.113. The average Bonchev–Trinajstić information content (AvgIpc) is 3.16. The first kappa shape index (κ1) is 18.4. The van der Waals surface area contributed by atoms with Crippen LogP contribution in [0.15, 0.2) is 61.1 Å². The predicted octanol–water partition coefficient (Wildman–Crippen LogP) is 4.11. The molecule has 6 nitrogen and oxygen atoms in total. The van der Waals surface area contributed by atoms with E-state index in [1.807, 2.05) is 49.6 Å². The van der Waals surface area contributed by atoms with Crippen LogP contribution in [0.25, 0.3) is 39.4 Å². The number of aromatic amines is 1. The molecule has 0 spiro atoms. The first-order chi connectivity index (χ1) is 14.0. The summed E-state index contributed by atoms with van der Waals surface area (Å²) in [5, 5.41) is 1.01. The monoisotopic (exact) mass is 384 g/mol. The fraction of sp³-hybridized carbons (Fsp3) is 0.0870. The molecule has 1 aromatic carbocycles. The first-order valence-electron chi connectivity index (χ1n) is 9.11. The highest BCUT2D eigenvalue weighted by Crippen LogP contribution is 2.34. The Morgan fingerprint density at radius 2 is 1.97 bits per heavy atom. The molecule has 0 fully saturated rings. The molecule has 4 rings (SSSR count). The number of methoxy groups -OCH3 is 1. The topological polar surface area (TPSA) is 93.9 Å². The van der Waals surface area contributed by atoms with E-state index < -0.39 is 5.91 Å². The lowest BCUT2D eigenvalue weighted by Crippen LogP contribution is -2.05. The van der Waals surface area contributed by atoms with Crippen LogP contribution < -0.4 is 10.5 Å². The molecule has 3 N–H and O–H groups in total. The van der Waals surface area contributed by atoms with Crippen LogP contribution in [-0.2, 0) is 4.79 Å². The molecule has 0 unspecified atom stereocenters. The number of benzene rings is 1. The molecule has 3 aromatic heterocycles. The standard InChI is InChI=1S/C23H20N4O2/c1-14-11-25-22(29-2)10-18(14)20-13-27-23-19(20)9-17(12-26-23)16-5-3-4-15(8-16)6-7-21(24)28/h3-13H,1-2H3,(H2,24,28)(H,26,27). The van der Waals surface area contributed by atoms with Crippen LogP contribution in [0, 0.1) is 6.92 Å². The summed E-state index contributed by atoms with van der Waals surface area (Å²) in [7, 11) is 1.61. The van der Waals surface area contributed by atoms with Crippen LogP contribution in [0.5, 0.6) is 5.88 Å².